The molecular formula is C15H21N5O4. The average Bonchev–Trinajstić information content (AvgIpc) is 2.52. The summed E-state index contributed by atoms with van der Waals surface area (Å²) in [5.41, 5.74) is 3.22. The van der Waals surface area contributed by atoms with Gasteiger partial charge in [0.2, 0.25) is 5.91 Å². The molecule has 1 rings (SSSR count). The zero-order chi connectivity index (χ0) is 17.9. The second-order valence-electron chi connectivity index (χ2n) is 4.93. The van der Waals surface area contributed by atoms with Gasteiger partial charge in [0, 0.05) is 25.1 Å². The van der Waals surface area contributed by atoms with Crippen molar-refractivity contribution >= 4 is 29.3 Å². The maximum absolute atomic E-state index is 11.8. The van der Waals surface area contributed by atoms with E-state index in [2.05, 4.69) is 26.1 Å². The number of aryl methyl sites for hydroxylation is 1. The van der Waals surface area contributed by atoms with E-state index in [-0.39, 0.29) is 18.9 Å². The molecule has 0 spiro atoms. The van der Waals surface area contributed by atoms with E-state index in [9.17, 15) is 14.4 Å². The summed E-state index contributed by atoms with van der Waals surface area (Å²) in [7, 11) is 1.48. The van der Waals surface area contributed by atoms with E-state index in [1.807, 2.05) is 13.0 Å². The number of pyridine rings is 1. The summed E-state index contributed by atoms with van der Waals surface area (Å²) in [5, 5.41) is 8.69. The van der Waals surface area contributed by atoms with Crippen LogP contribution in [0.1, 0.15) is 19.0 Å². The van der Waals surface area contributed by atoms with Crippen LogP contribution in [0, 0.1) is 6.92 Å². The lowest BCUT2D eigenvalue weighted by Crippen LogP contribution is -2.39. The van der Waals surface area contributed by atoms with Crippen LogP contribution in [0.15, 0.2) is 23.3 Å². The monoisotopic (exact) mass is 335 g/mol. The maximum Gasteiger partial charge on any atom is 0.329 e. The van der Waals surface area contributed by atoms with Crippen LogP contribution >= 0.6 is 0 Å². The highest BCUT2D eigenvalue weighted by Crippen LogP contribution is 2.04. The smallest absolute Gasteiger partial charge is 0.329 e. The Bertz CT molecular complexity index is 630. The van der Waals surface area contributed by atoms with E-state index < -0.39 is 11.8 Å². The van der Waals surface area contributed by atoms with Crippen LogP contribution < -0.4 is 16.1 Å². The number of nitrogens with one attached hydrogen (secondary N) is 3. The van der Waals surface area contributed by atoms with Gasteiger partial charge in [0.25, 0.3) is 0 Å². The van der Waals surface area contributed by atoms with Crippen LogP contribution in [0.2, 0.25) is 0 Å². The van der Waals surface area contributed by atoms with E-state index in [1.54, 1.807) is 19.1 Å². The minimum absolute atomic E-state index is 0.0405. The van der Waals surface area contributed by atoms with Crippen molar-refractivity contribution in [2.24, 2.45) is 5.10 Å². The Kier molecular flexibility index (Phi) is 8.06. The van der Waals surface area contributed by atoms with Gasteiger partial charge in [0.05, 0.1) is 13.0 Å². The summed E-state index contributed by atoms with van der Waals surface area (Å²) in [5.74, 6) is -1.62. The van der Waals surface area contributed by atoms with Gasteiger partial charge >= 0.3 is 11.8 Å². The third kappa shape index (κ3) is 7.45. The van der Waals surface area contributed by atoms with E-state index in [4.69, 9.17) is 4.74 Å². The zero-order valence-electron chi connectivity index (χ0n) is 13.9. The minimum atomic E-state index is -0.911. The van der Waals surface area contributed by atoms with Crippen LogP contribution in [-0.4, -0.2) is 48.7 Å². The van der Waals surface area contributed by atoms with Crippen molar-refractivity contribution in [3.63, 3.8) is 0 Å². The highest BCUT2D eigenvalue weighted by atomic mass is 16.5. The first-order valence-corrected chi connectivity index (χ1v) is 7.26. The van der Waals surface area contributed by atoms with Gasteiger partial charge in [0.15, 0.2) is 0 Å². The highest BCUT2D eigenvalue weighted by molar-refractivity contribution is 6.35. The molecule has 0 fully saturated rings. The Labute approximate surface area is 139 Å². The maximum atomic E-state index is 11.8. The molecule has 9 heteroatoms. The molecule has 3 N–H and O–H groups in total. The second-order valence-corrected chi connectivity index (χ2v) is 4.93. The van der Waals surface area contributed by atoms with Crippen LogP contribution in [-0.2, 0) is 19.1 Å². The summed E-state index contributed by atoms with van der Waals surface area (Å²) in [6.45, 7) is 3.90. The predicted molar refractivity (Wildman–Crippen MR) is 88.4 cm³/mol. The molecule has 0 radical (unpaired) electrons. The Balaban J connectivity index is 2.41. The van der Waals surface area contributed by atoms with Gasteiger partial charge in [-0.2, -0.15) is 5.10 Å². The van der Waals surface area contributed by atoms with Crippen LogP contribution in [0.4, 0.5) is 5.82 Å². The number of carbonyl (C=O) groups excluding carboxylic acids is 3. The lowest BCUT2D eigenvalue weighted by atomic mass is 10.3. The van der Waals surface area contributed by atoms with Gasteiger partial charge in [-0.1, -0.05) is 6.07 Å². The zero-order valence-corrected chi connectivity index (χ0v) is 13.9. The summed E-state index contributed by atoms with van der Waals surface area (Å²) in [6.07, 6.45) is -0.0405. The van der Waals surface area contributed by atoms with Crippen LogP contribution in [0.25, 0.3) is 0 Å². The Morgan fingerprint density at radius 2 is 2.00 bits per heavy atom. The van der Waals surface area contributed by atoms with E-state index in [0.29, 0.717) is 18.1 Å². The van der Waals surface area contributed by atoms with Gasteiger partial charge < -0.3 is 15.4 Å². The van der Waals surface area contributed by atoms with Crippen molar-refractivity contribution < 1.29 is 19.1 Å². The Morgan fingerprint density at radius 3 is 2.67 bits per heavy atom. The van der Waals surface area contributed by atoms with E-state index in [0.717, 1.165) is 5.69 Å². The van der Waals surface area contributed by atoms with Crippen molar-refractivity contribution in [3.8, 4) is 0 Å². The van der Waals surface area contributed by atoms with Crippen molar-refractivity contribution in [2.45, 2.75) is 20.3 Å². The third-order valence-electron chi connectivity index (χ3n) is 2.72. The Hall–Kier alpha value is -2.81. The molecule has 0 saturated heterocycles. The van der Waals surface area contributed by atoms with Gasteiger partial charge in [-0.25, -0.2) is 10.4 Å². The van der Waals surface area contributed by atoms with Gasteiger partial charge in [-0.05, 0) is 26.0 Å². The quantitative estimate of drug-likeness (QED) is 0.280. The number of amides is 3. The molecule has 1 aromatic heterocycles. The standard InChI is InChI=1S/C15H21N5O4/c1-10-5-4-6-12(17-10)18-13(21)9-11(2)19-20-15(23)14(22)16-7-8-24-3/h4-6H,7-9H2,1-3H3,(H,16,22)(H,20,23)(H,17,18,21)/b19-11+. The van der Waals surface area contributed by atoms with Crippen molar-refractivity contribution in [1.29, 1.82) is 0 Å². The number of rotatable bonds is 7. The largest absolute Gasteiger partial charge is 0.383 e. The molecule has 0 unspecified atom stereocenters. The number of nitrogens with zero attached hydrogens (tertiary/aromatic N) is 2. The summed E-state index contributed by atoms with van der Waals surface area (Å²) < 4.78 is 4.75. The van der Waals surface area contributed by atoms with Crippen LogP contribution in [0.5, 0.6) is 0 Å². The Morgan fingerprint density at radius 1 is 1.25 bits per heavy atom. The first-order valence-electron chi connectivity index (χ1n) is 7.26. The molecule has 3 amide bonds. The number of hydrazone groups is 1. The first kappa shape index (κ1) is 19.2. The highest BCUT2D eigenvalue weighted by Gasteiger charge is 2.12. The molecule has 0 aliphatic carbocycles. The number of carbonyl (C=O) groups is 3. The van der Waals surface area contributed by atoms with Crippen LogP contribution in [0.3, 0.4) is 0 Å². The molecule has 24 heavy (non-hydrogen) atoms. The summed E-state index contributed by atoms with van der Waals surface area (Å²) in [4.78, 5) is 38.9. The lowest BCUT2D eigenvalue weighted by molar-refractivity contribution is -0.139. The van der Waals surface area contributed by atoms with Gasteiger partial charge in [-0.15, -0.1) is 0 Å². The molecule has 1 heterocycles. The molecule has 0 aromatic carbocycles. The molecule has 130 valence electrons. The number of anilines is 1. The topological polar surface area (TPSA) is 122 Å². The molecular weight excluding hydrogens is 314 g/mol. The first-order chi connectivity index (χ1) is 11.4. The average molecular weight is 335 g/mol. The van der Waals surface area contributed by atoms with Crippen molar-refractivity contribution in [1.82, 2.24) is 15.7 Å². The predicted octanol–water partition coefficient (Wildman–Crippen LogP) is -0.0267. The molecule has 0 atom stereocenters. The number of hydrogen-bond donors (Lipinski definition) is 3. The molecule has 1 aromatic rings. The molecule has 0 aliphatic rings. The molecule has 0 saturated carbocycles. The number of aromatic nitrogens is 1. The lowest BCUT2D eigenvalue weighted by Gasteiger charge is -2.06. The minimum Gasteiger partial charge on any atom is -0.383 e. The van der Waals surface area contributed by atoms with Crippen molar-refractivity contribution in [2.75, 3.05) is 25.6 Å². The fourth-order valence-corrected chi connectivity index (χ4v) is 1.62. The number of methoxy groups -OCH3 is 1. The van der Waals surface area contributed by atoms with E-state index in [1.165, 1.54) is 7.11 Å². The summed E-state index contributed by atoms with van der Waals surface area (Å²) in [6, 6.07) is 5.26. The summed E-state index contributed by atoms with van der Waals surface area (Å²) >= 11 is 0. The normalized spacial score (nSPS) is 10.9. The van der Waals surface area contributed by atoms with Gasteiger partial charge in [0.1, 0.15) is 5.82 Å². The second kappa shape index (κ2) is 10.1. The molecule has 0 aliphatic heterocycles. The van der Waals surface area contributed by atoms with E-state index >= 15 is 0 Å². The molecule has 0 bridgehead atoms. The van der Waals surface area contributed by atoms with Gasteiger partial charge in [-0.3, -0.25) is 14.4 Å². The number of ether oxygens (including phenoxy) is 1. The fourth-order valence-electron chi connectivity index (χ4n) is 1.62. The number of hydrogen-bond acceptors (Lipinski definition) is 6. The van der Waals surface area contributed by atoms with Crippen molar-refractivity contribution in [3.05, 3.63) is 23.9 Å². The fraction of sp³-hybridized carbons (Fsp3) is 0.400. The SMILES string of the molecule is COCCNC(=O)C(=O)N/N=C(\C)CC(=O)Nc1cccc(C)n1. The molecule has 9 nitrogen and oxygen atoms in total. The third-order valence-corrected chi connectivity index (χ3v) is 2.72.